The molecule has 4 heteroatoms. The van der Waals surface area contributed by atoms with Crippen LogP contribution in [0.4, 0.5) is 0 Å². The monoisotopic (exact) mass is 370 g/mol. The molecule has 0 amide bonds. The fourth-order valence-electron chi connectivity index (χ4n) is 2.49. The molecule has 0 spiro atoms. The van der Waals surface area contributed by atoms with E-state index in [1.54, 1.807) is 0 Å². The summed E-state index contributed by atoms with van der Waals surface area (Å²) in [5.41, 5.74) is 3.03. The largest absolute Gasteiger partial charge is 1.00 e. The molecule has 0 bridgehead atoms. The Balaban J connectivity index is 0.00000192. The van der Waals surface area contributed by atoms with Crippen molar-refractivity contribution in [1.82, 2.24) is 4.57 Å². The van der Waals surface area contributed by atoms with Crippen molar-refractivity contribution < 1.29 is 26.3 Å². The Morgan fingerprint density at radius 1 is 1.00 bits per heavy atom. The SMILES string of the molecule is Cc1n(CC(=O)c2ccc(-c3ccccc3)cc2)cc[n+]1C.[Br-]. The average molecular weight is 371 g/mol. The fraction of sp³-hybridized carbons (Fsp3) is 0.158. The quantitative estimate of drug-likeness (QED) is 0.475. The summed E-state index contributed by atoms with van der Waals surface area (Å²) in [4.78, 5) is 12.4. The van der Waals surface area contributed by atoms with Gasteiger partial charge in [0.1, 0.15) is 12.4 Å². The van der Waals surface area contributed by atoms with Gasteiger partial charge >= 0.3 is 0 Å². The van der Waals surface area contributed by atoms with Crippen LogP contribution in [0.5, 0.6) is 0 Å². The molecule has 0 aliphatic carbocycles. The first-order valence-corrected chi connectivity index (χ1v) is 7.35. The van der Waals surface area contributed by atoms with E-state index in [1.807, 2.05) is 78.0 Å². The van der Waals surface area contributed by atoms with E-state index in [4.69, 9.17) is 0 Å². The van der Waals surface area contributed by atoms with Crippen LogP contribution in [0.15, 0.2) is 67.0 Å². The summed E-state index contributed by atoms with van der Waals surface area (Å²) < 4.78 is 3.97. The standard InChI is InChI=1S/C19H19N2O.BrH/c1-15-20(2)12-13-21(15)14-19(22)18-10-8-17(9-11-18)16-6-4-3-5-7-16;/h3-13H,14H2,1-2H3;1H/q+1;/p-1. The molecule has 118 valence electrons. The third-order valence-electron chi connectivity index (χ3n) is 4.02. The van der Waals surface area contributed by atoms with Crippen LogP contribution in [0.1, 0.15) is 16.2 Å². The fourth-order valence-corrected chi connectivity index (χ4v) is 2.49. The predicted octanol–water partition coefficient (Wildman–Crippen LogP) is 0.175. The van der Waals surface area contributed by atoms with Crippen molar-refractivity contribution in [3.63, 3.8) is 0 Å². The number of nitrogens with zero attached hydrogens (tertiary/aromatic N) is 2. The van der Waals surface area contributed by atoms with E-state index >= 15 is 0 Å². The molecule has 1 heterocycles. The molecule has 0 N–H and O–H groups in total. The van der Waals surface area contributed by atoms with E-state index in [2.05, 4.69) is 12.1 Å². The van der Waals surface area contributed by atoms with Crippen LogP contribution < -0.4 is 21.5 Å². The summed E-state index contributed by atoms with van der Waals surface area (Å²) in [6.07, 6.45) is 3.90. The Labute approximate surface area is 147 Å². The topological polar surface area (TPSA) is 25.9 Å². The van der Waals surface area contributed by atoms with Gasteiger partial charge in [-0.25, -0.2) is 9.13 Å². The minimum absolute atomic E-state index is 0. The lowest BCUT2D eigenvalue weighted by Crippen LogP contribution is -3.00. The number of Topliss-reactive ketones (excluding diaryl/α,β-unsaturated/α-hetero) is 1. The third kappa shape index (κ3) is 3.77. The molecule has 0 aliphatic heterocycles. The van der Waals surface area contributed by atoms with E-state index < -0.39 is 0 Å². The van der Waals surface area contributed by atoms with Crippen LogP contribution in [0.25, 0.3) is 11.1 Å². The second-order valence-corrected chi connectivity index (χ2v) is 5.45. The van der Waals surface area contributed by atoms with Crippen molar-refractivity contribution in [2.75, 3.05) is 0 Å². The Hall–Kier alpha value is -2.20. The Morgan fingerprint density at radius 3 is 2.17 bits per heavy atom. The van der Waals surface area contributed by atoms with Gasteiger partial charge in [0.05, 0.1) is 7.05 Å². The Kier molecular flexibility index (Phi) is 5.50. The van der Waals surface area contributed by atoms with Gasteiger partial charge in [-0.15, -0.1) is 0 Å². The molecule has 0 unspecified atom stereocenters. The normalized spacial score (nSPS) is 10.2. The van der Waals surface area contributed by atoms with E-state index in [0.29, 0.717) is 6.54 Å². The van der Waals surface area contributed by atoms with Gasteiger partial charge < -0.3 is 17.0 Å². The highest BCUT2D eigenvalue weighted by Gasteiger charge is 2.14. The van der Waals surface area contributed by atoms with Gasteiger partial charge in [-0.3, -0.25) is 4.79 Å². The van der Waals surface area contributed by atoms with E-state index in [9.17, 15) is 4.79 Å². The number of aromatic nitrogens is 2. The number of ketones is 1. The number of hydrogen-bond donors (Lipinski definition) is 0. The molecule has 23 heavy (non-hydrogen) atoms. The van der Waals surface area contributed by atoms with Gasteiger partial charge in [0.15, 0.2) is 6.54 Å². The maximum atomic E-state index is 12.4. The maximum Gasteiger partial charge on any atom is 0.253 e. The highest BCUT2D eigenvalue weighted by molar-refractivity contribution is 5.96. The number of imidazole rings is 1. The minimum atomic E-state index is 0. The van der Waals surface area contributed by atoms with Crippen LogP contribution in [0, 0.1) is 6.92 Å². The number of carbonyl (C=O) groups excluding carboxylic acids is 1. The third-order valence-corrected chi connectivity index (χ3v) is 4.02. The van der Waals surface area contributed by atoms with Crippen molar-refractivity contribution in [2.24, 2.45) is 7.05 Å². The van der Waals surface area contributed by atoms with Gasteiger partial charge in [0.25, 0.3) is 5.82 Å². The number of rotatable bonds is 4. The minimum Gasteiger partial charge on any atom is -1.00 e. The van der Waals surface area contributed by atoms with Crippen molar-refractivity contribution >= 4 is 5.78 Å². The summed E-state index contributed by atoms with van der Waals surface area (Å²) >= 11 is 0. The van der Waals surface area contributed by atoms with Crippen LogP contribution in [0.3, 0.4) is 0 Å². The molecular weight excluding hydrogens is 352 g/mol. The van der Waals surface area contributed by atoms with Crippen LogP contribution in [-0.4, -0.2) is 10.4 Å². The molecule has 1 aromatic heterocycles. The second-order valence-electron chi connectivity index (χ2n) is 5.45. The number of benzene rings is 2. The van der Waals surface area contributed by atoms with E-state index in [-0.39, 0.29) is 22.8 Å². The lowest BCUT2D eigenvalue weighted by Gasteiger charge is -2.04. The van der Waals surface area contributed by atoms with Crippen LogP contribution >= 0.6 is 0 Å². The molecule has 0 radical (unpaired) electrons. The van der Waals surface area contributed by atoms with Crippen LogP contribution in [-0.2, 0) is 13.6 Å². The van der Waals surface area contributed by atoms with Crippen LogP contribution in [0.2, 0.25) is 0 Å². The molecule has 0 atom stereocenters. The lowest BCUT2D eigenvalue weighted by atomic mass is 10.0. The number of aryl methyl sites for hydroxylation is 1. The van der Waals surface area contributed by atoms with Crippen molar-refractivity contribution in [3.05, 3.63) is 78.4 Å². The smallest absolute Gasteiger partial charge is 0.253 e. The van der Waals surface area contributed by atoms with Gasteiger partial charge in [-0.1, -0.05) is 54.6 Å². The van der Waals surface area contributed by atoms with Gasteiger partial charge in [-0.05, 0) is 11.1 Å². The summed E-state index contributed by atoms with van der Waals surface area (Å²) in [5.74, 6) is 1.19. The summed E-state index contributed by atoms with van der Waals surface area (Å²) in [6, 6.07) is 18.0. The second kappa shape index (κ2) is 7.38. The zero-order chi connectivity index (χ0) is 15.5. The molecule has 2 aromatic carbocycles. The predicted molar refractivity (Wildman–Crippen MR) is 86.6 cm³/mol. The Morgan fingerprint density at radius 2 is 1.61 bits per heavy atom. The molecule has 0 saturated carbocycles. The summed E-state index contributed by atoms with van der Waals surface area (Å²) in [5, 5.41) is 0. The first-order valence-electron chi connectivity index (χ1n) is 7.35. The molecule has 3 rings (SSSR count). The van der Waals surface area contributed by atoms with E-state index in [1.165, 1.54) is 0 Å². The maximum absolute atomic E-state index is 12.4. The highest BCUT2D eigenvalue weighted by atomic mass is 79.9. The summed E-state index contributed by atoms with van der Waals surface area (Å²) in [7, 11) is 1.98. The number of carbonyl (C=O) groups is 1. The van der Waals surface area contributed by atoms with Gasteiger partial charge in [0, 0.05) is 12.5 Å². The van der Waals surface area contributed by atoms with Crippen molar-refractivity contribution in [1.29, 1.82) is 0 Å². The molecular formula is C19H19BrN2O. The van der Waals surface area contributed by atoms with Gasteiger partial charge in [-0.2, -0.15) is 0 Å². The zero-order valence-electron chi connectivity index (χ0n) is 13.2. The van der Waals surface area contributed by atoms with Crippen molar-refractivity contribution in [3.8, 4) is 11.1 Å². The average Bonchev–Trinajstić information content (AvgIpc) is 2.88. The molecule has 3 nitrogen and oxygen atoms in total. The molecule has 0 fully saturated rings. The molecule has 0 saturated heterocycles. The Bertz CT molecular complexity index is 792. The summed E-state index contributed by atoms with van der Waals surface area (Å²) in [6.45, 7) is 2.38. The highest BCUT2D eigenvalue weighted by Crippen LogP contribution is 2.19. The van der Waals surface area contributed by atoms with E-state index in [0.717, 1.165) is 22.5 Å². The first kappa shape index (κ1) is 17.2. The molecule has 3 aromatic rings. The van der Waals surface area contributed by atoms with Crippen molar-refractivity contribution in [2.45, 2.75) is 13.5 Å². The number of halogens is 1. The first-order chi connectivity index (χ1) is 10.6. The lowest BCUT2D eigenvalue weighted by molar-refractivity contribution is -0.677. The number of hydrogen-bond acceptors (Lipinski definition) is 1. The molecule has 0 aliphatic rings. The van der Waals surface area contributed by atoms with Gasteiger partial charge in [0.2, 0.25) is 5.78 Å². The zero-order valence-corrected chi connectivity index (χ0v) is 14.8.